The molecule has 3 rings (SSSR count). The number of carboxylic acids is 1. The van der Waals surface area contributed by atoms with Gasteiger partial charge in [0, 0.05) is 11.0 Å². The van der Waals surface area contributed by atoms with Gasteiger partial charge >= 0.3 is 5.97 Å². The zero-order valence-corrected chi connectivity index (χ0v) is 11.0. The third-order valence-corrected chi connectivity index (χ3v) is 3.02. The van der Waals surface area contributed by atoms with Crippen LogP contribution in [0.2, 0.25) is 0 Å². The third kappa shape index (κ3) is 3.62. The van der Waals surface area contributed by atoms with E-state index in [1.807, 2.05) is 17.5 Å². The van der Waals surface area contributed by atoms with Crippen molar-refractivity contribution in [2.45, 2.75) is 0 Å². The van der Waals surface area contributed by atoms with Gasteiger partial charge in [-0.15, -0.1) is 11.3 Å². The zero-order chi connectivity index (χ0) is 14.4. The van der Waals surface area contributed by atoms with E-state index < -0.39 is 5.97 Å². The number of fused-ring (bicyclic) bond motifs is 1. The van der Waals surface area contributed by atoms with Crippen molar-refractivity contribution in [2.75, 3.05) is 5.73 Å². The number of rotatable bonds is 2. The van der Waals surface area contributed by atoms with E-state index >= 15 is 0 Å². The Labute approximate surface area is 117 Å². The first kappa shape index (κ1) is 13.7. The summed E-state index contributed by atoms with van der Waals surface area (Å²) >= 11 is 1.51. The Kier molecular flexibility index (Phi) is 4.40. The van der Waals surface area contributed by atoms with Crippen LogP contribution in [0.1, 0.15) is 4.88 Å². The molecule has 0 aliphatic rings. The number of carboxylic acid groups (broad SMARTS) is 1. The van der Waals surface area contributed by atoms with Crippen LogP contribution in [0.3, 0.4) is 0 Å². The van der Waals surface area contributed by atoms with Gasteiger partial charge in [-0.3, -0.25) is 0 Å². The first-order chi connectivity index (χ1) is 9.66. The zero-order valence-electron chi connectivity index (χ0n) is 10.2. The molecule has 0 radical (unpaired) electrons. The highest BCUT2D eigenvalue weighted by atomic mass is 32.1. The highest BCUT2D eigenvalue weighted by Crippen LogP contribution is 2.10. The Balaban J connectivity index is 0.000000147. The molecule has 3 heterocycles. The topological polar surface area (TPSA) is 118 Å². The summed E-state index contributed by atoms with van der Waals surface area (Å²) in [6.45, 7) is 0. The van der Waals surface area contributed by atoms with E-state index in [0.717, 1.165) is 11.0 Å². The molecule has 0 atom stereocenters. The van der Waals surface area contributed by atoms with Gasteiger partial charge in [-0.2, -0.15) is 0 Å². The van der Waals surface area contributed by atoms with Gasteiger partial charge in [0.25, 0.3) is 0 Å². The molecule has 0 saturated carbocycles. The molecule has 7 nitrogen and oxygen atoms in total. The summed E-state index contributed by atoms with van der Waals surface area (Å²) in [5.74, 6) is -0.476. The molecular weight excluding hydrogens is 278 g/mol. The van der Waals surface area contributed by atoms with Gasteiger partial charge in [-0.05, 0) is 17.5 Å². The predicted molar refractivity (Wildman–Crippen MR) is 77.1 cm³/mol. The normalized spacial score (nSPS) is 10.4. The maximum absolute atomic E-state index is 10.0. The molecule has 3 aromatic rings. The number of carbonyl (C=O) groups is 1. The number of aromatic amines is 1. The van der Waals surface area contributed by atoms with Crippen LogP contribution < -0.4 is 5.73 Å². The summed E-state index contributed by atoms with van der Waals surface area (Å²) in [5.41, 5.74) is 6.78. The molecule has 0 unspecified atom stereocenters. The summed E-state index contributed by atoms with van der Waals surface area (Å²) < 4.78 is 0. The van der Waals surface area contributed by atoms with Gasteiger partial charge < -0.3 is 15.8 Å². The molecule has 0 saturated heterocycles. The summed E-state index contributed by atoms with van der Waals surface area (Å²) in [7, 11) is 0. The highest BCUT2D eigenvalue weighted by molar-refractivity contribution is 7.10. The highest BCUT2D eigenvalue weighted by Gasteiger charge is 1.99. The van der Waals surface area contributed by atoms with Gasteiger partial charge in [-0.25, -0.2) is 19.7 Å². The van der Waals surface area contributed by atoms with E-state index in [1.165, 1.54) is 24.0 Å². The fourth-order valence-electron chi connectivity index (χ4n) is 1.32. The van der Waals surface area contributed by atoms with Gasteiger partial charge in [-0.1, -0.05) is 6.07 Å². The Morgan fingerprint density at radius 2 is 2.25 bits per heavy atom. The van der Waals surface area contributed by atoms with Gasteiger partial charge in [0.15, 0.2) is 11.5 Å². The van der Waals surface area contributed by atoms with Gasteiger partial charge in [0.2, 0.25) is 0 Å². The standard InChI is InChI=1S/C7H6O2S.C5H5N5/c8-7(9)4-3-6-2-1-5-10-6;6-4-3-5(9-1-7-3)10-2-8-4/h1-5H,(H,8,9);1-2H,(H3,6,7,8,9,10)/b4-3+;. The maximum Gasteiger partial charge on any atom is 0.328 e. The van der Waals surface area contributed by atoms with E-state index in [-0.39, 0.29) is 0 Å². The average Bonchev–Trinajstić information content (AvgIpc) is 3.09. The first-order valence-corrected chi connectivity index (χ1v) is 6.39. The lowest BCUT2D eigenvalue weighted by molar-refractivity contribution is -0.131. The molecule has 0 aliphatic heterocycles. The van der Waals surface area contributed by atoms with E-state index in [2.05, 4.69) is 19.9 Å². The number of thiophene rings is 1. The lowest BCUT2D eigenvalue weighted by Gasteiger charge is -1.89. The smallest absolute Gasteiger partial charge is 0.328 e. The second-order valence-corrected chi connectivity index (χ2v) is 4.53. The van der Waals surface area contributed by atoms with E-state index in [9.17, 15) is 4.79 Å². The van der Waals surface area contributed by atoms with Crippen LogP contribution in [-0.2, 0) is 4.79 Å². The summed E-state index contributed by atoms with van der Waals surface area (Å²) in [6.07, 6.45) is 5.63. The molecule has 0 spiro atoms. The Bertz CT molecular complexity index is 720. The number of nitrogens with one attached hydrogen (secondary N) is 1. The van der Waals surface area contributed by atoms with Crippen molar-refractivity contribution in [3.05, 3.63) is 41.1 Å². The summed E-state index contributed by atoms with van der Waals surface area (Å²) in [6, 6.07) is 3.75. The molecule has 8 heteroatoms. The lowest BCUT2D eigenvalue weighted by Crippen LogP contribution is -1.91. The molecule has 0 fully saturated rings. The predicted octanol–water partition coefficient (Wildman–Crippen LogP) is 1.78. The second kappa shape index (κ2) is 6.43. The minimum atomic E-state index is -0.909. The number of aliphatic carboxylic acids is 1. The van der Waals surface area contributed by atoms with Crippen LogP contribution >= 0.6 is 11.3 Å². The van der Waals surface area contributed by atoms with Crippen LogP contribution in [0.5, 0.6) is 0 Å². The number of hydrogen-bond acceptors (Lipinski definition) is 6. The fourth-order valence-corrected chi connectivity index (χ4v) is 1.94. The molecule has 102 valence electrons. The third-order valence-electron chi connectivity index (χ3n) is 2.19. The lowest BCUT2D eigenvalue weighted by atomic mass is 10.4. The fraction of sp³-hybridized carbons (Fsp3) is 0. The number of nitrogens with two attached hydrogens (primary N) is 1. The molecule has 4 N–H and O–H groups in total. The Morgan fingerprint density at radius 1 is 1.40 bits per heavy atom. The van der Waals surface area contributed by atoms with Crippen molar-refractivity contribution in [2.24, 2.45) is 0 Å². The van der Waals surface area contributed by atoms with E-state index in [4.69, 9.17) is 10.8 Å². The second-order valence-electron chi connectivity index (χ2n) is 3.55. The molecule has 0 aliphatic carbocycles. The van der Waals surface area contributed by atoms with Crippen LogP contribution in [0.4, 0.5) is 5.82 Å². The largest absolute Gasteiger partial charge is 0.478 e. The summed E-state index contributed by atoms with van der Waals surface area (Å²) in [5, 5.41) is 10.1. The van der Waals surface area contributed by atoms with E-state index in [0.29, 0.717) is 17.0 Å². The number of anilines is 1. The Hall–Kier alpha value is -2.74. The maximum atomic E-state index is 10.0. The van der Waals surface area contributed by atoms with Crippen molar-refractivity contribution in [3.63, 3.8) is 0 Å². The van der Waals surface area contributed by atoms with E-state index in [1.54, 1.807) is 6.08 Å². The number of nitrogen functional groups attached to an aromatic ring is 1. The number of imidazole rings is 1. The summed E-state index contributed by atoms with van der Waals surface area (Å²) in [4.78, 5) is 25.3. The van der Waals surface area contributed by atoms with Crippen molar-refractivity contribution < 1.29 is 9.90 Å². The molecule has 0 amide bonds. The van der Waals surface area contributed by atoms with Crippen molar-refractivity contribution in [3.8, 4) is 0 Å². The van der Waals surface area contributed by atoms with Crippen LogP contribution in [0.15, 0.2) is 36.2 Å². The SMILES string of the molecule is Nc1ncnc2nc[nH]c12.O=C(O)/C=C/c1cccs1. The van der Waals surface area contributed by atoms with Crippen LogP contribution in [-0.4, -0.2) is 31.0 Å². The quantitative estimate of drug-likeness (QED) is 0.619. The van der Waals surface area contributed by atoms with Crippen molar-refractivity contribution in [1.82, 2.24) is 19.9 Å². The van der Waals surface area contributed by atoms with Crippen molar-refractivity contribution in [1.29, 1.82) is 0 Å². The minimum Gasteiger partial charge on any atom is -0.478 e. The molecule has 3 aromatic heterocycles. The molecule has 0 bridgehead atoms. The van der Waals surface area contributed by atoms with Crippen LogP contribution in [0.25, 0.3) is 17.2 Å². The molecular formula is C12H11N5O2S. The first-order valence-electron chi connectivity index (χ1n) is 5.51. The monoisotopic (exact) mass is 289 g/mol. The minimum absolute atomic E-state index is 0.433. The number of H-pyrrole nitrogens is 1. The van der Waals surface area contributed by atoms with Gasteiger partial charge in [0.05, 0.1) is 6.33 Å². The molecule has 0 aromatic carbocycles. The average molecular weight is 289 g/mol. The number of hydrogen-bond donors (Lipinski definition) is 3. The van der Waals surface area contributed by atoms with Crippen molar-refractivity contribution >= 4 is 40.4 Å². The Morgan fingerprint density at radius 3 is 2.90 bits per heavy atom. The molecule has 20 heavy (non-hydrogen) atoms. The number of aromatic nitrogens is 4. The number of nitrogens with zero attached hydrogens (tertiary/aromatic N) is 3. The van der Waals surface area contributed by atoms with Gasteiger partial charge in [0.1, 0.15) is 11.8 Å². The van der Waals surface area contributed by atoms with Crippen LogP contribution in [0, 0.1) is 0 Å².